The Morgan fingerprint density at radius 1 is 1.05 bits per heavy atom. The van der Waals surface area contributed by atoms with Gasteiger partial charge in [-0.25, -0.2) is 14.5 Å². The number of nitrogens with zero attached hydrogens (tertiary/aromatic N) is 4. The maximum absolute atomic E-state index is 12.5. The van der Waals surface area contributed by atoms with Crippen molar-refractivity contribution in [3.8, 4) is 0 Å². The quantitative estimate of drug-likeness (QED) is 0.574. The molecule has 20 heavy (non-hydrogen) atoms. The molecular weight excluding hydrogens is 334 g/mol. The van der Waals surface area contributed by atoms with E-state index in [1.165, 1.54) is 24.8 Å². The summed E-state index contributed by atoms with van der Waals surface area (Å²) in [6.45, 7) is 0. The molecule has 2 N–H and O–H groups in total. The fourth-order valence-electron chi connectivity index (χ4n) is 1.13. The minimum Gasteiger partial charge on any atom is -0.323 e. The molecule has 13 heteroatoms. The Labute approximate surface area is 117 Å². The summed E-state index contributed by atoms with van der Waals surface area (Å²) in [4.78, 5) is 23.2. The second kappa shape index (κ2) is 5.59. The van der Waals surface area contributed by atoms with Crippen molar-refractivity contribution < 1.29 is 28.2 Å². The molecule has 1 unspecified atom stereocenters. The maximum Gasteiger partial charge on any atom is 0.497 e. The van der Waals surface area contributed by atoms with Crippen LogP contribution in [-0.4, -0.2) is 34.1 Å². The average molecular weight is 343 g/mol. The number of imidazole rings is 2. The molecule has 0 aliphatic carbocycles. The van der Waals surface area contributed by atoms with Crippen molar-refractivity contribution in [2.75, 3.05) is 0 Å². The Balaban J connectivity index is 2.32. The monoisotopic (exact) mass is 342 g/mol. The third-order valence-electron chi connectivity index (χ3n) is 1.91. The predicted octanol–water partition coefficient (Wildman–Crippen LogP) is 0.530. The van der Waals surface area contributed by atoms with E-state index in [0.717, 1.165) is 22.1 Å². The van der Waals surface area contributed by atoms with Crippen LogP contribution in [-0.2, 0) is 9.13 Å². The highest BCUT2D eigenvalue weighted by Crippen LogP contribution is 2.64. The number of alkyl halides is 1. The summed E-state index contributed by atoms with van der Waals surface area (Å²) in [5, 5.41) is 0. The van der Waals surface area contributed by atoms with E-state index in [0.29, 0.717) is 0 Å². The molecule has 110 valence electrons. The van der Waals surface area contributed by atoms with E-state index in [1.54, 1.807) is 0 Å². The molecule has 1 atom stereocenters. The van der Waals surface area contributed by atoms with Crippen molar-refractivity contribution in [1.29, 1.82) is 0 Å². The highest BCUT2D eigenvalue weighted by molar-refractivity contribution is 7.74. The minimum atomic E-state index is -4.93. The lowest BCUT2D eigenvalue weighted by Crippen LogP contribution is -2.22. The molecule has 0 radical (unpaired) electrons. The van der Waals surface area contributed by atoms with Crippen LogP contribution in [0, 0.1) is 0 Å². The van der Waals surface area contributed by atoms with Crippen LogP contribution in [0.1, 0.15) is 0 Å². The van der Waals surface area contributed by atoms with Gasteiger partial charge in [0.05, 0.1) is 12.4 Å². The molecule has 0 saturated carbocycles. The summed E-state index contributed by atoms with van der Waals surface area (Å²) in [6.07, 6.45) is 7.37. The SMILES string of the molecule is O=P(O)(O)C(Cl)P(=O)(On1ccnc1)On1ccnc1. The Kier molecular flexibility index (Phi) is 4.22. The van der Waals surface area contributed by atoms with Gasteiger partial charge in [0.15, 0.2) is 0 Å². The van der Waals surface area contributed by atoms with Crippen LogP contribution >= 0.6 is 26.8 Å². The molecular formula is C7H9ClN4O6P2. The molecule has 0 aliphatic rings. The number of aromatic nitrogens is 4. The minimum absolute atomic E-state index is 0.864. The van der Waals surface area contributed by atoms with E-state index in [1.807, 2.05) is 0 Å². The van der Waals surface area contributed by atoms with E-state index < -0.39 is 20.1 Å². The molecule has 2 heterocycles. The summed E-state index contributed by atoms with van der Waals surface area (Å²) >= 11 is 5.55. The Morgan fingerprint density at radius 2 is 1.50 bits per heavy atom. The zero-order valence-corrected chi connectivity index (χ0v) is 12.2. The smallest absolute Gasteiger partial charge is 0.323 e. The summed E-state index contributed by atoms with van der Waals surface area (Å²) in [5.41, 5.74) is 0. The van der Waals surface area contributed by atoms with Crippen molar-refractivity contribution in [2.24, 2.45) is 0 Å². The molecule has 2 aromatic rings. The Morgan fingerprint density at radius 3 is 1.80 bits per heavy atom. The normalized spacial score (nSPS) is 13.9. The second-order valence-corrected chi connectivity index (χ2v) is 8.52. The lowest BCUT2D eigenvalue weighted by atomic mass is 11.0. The van der Waals surface area contributed by atoms with Gasteiger partial charge in [-0.15, -0.1) is 0 Å². The molecule has 0 aromatic carbocycles. The molecule has 0 aliphatic heterocycles. The molecule has 0 bridgehead atoms. The van der Waals surface area contributed by atoms with E-state index in [-0.39, 0.29) is 0 Å². The van der Waals surface area contributed by atoms with Gasteiger partial charge in [0, 0.05) is 12.4 Å². The lowest BCUT2D eigenvalue weighted by Gasteiger charge is -2.22. The number of hydrogen-bond acceptors (Lipinski definition) is 6. The van der Waals surface area contributed by atoms with Crippen molar-refractivity contribution in [3.63, 3.8) is 0 Å². The second-order valence-electron chi connectivity index (χ2n) is 3.45. The molecule has 10 nitrogen and oxygen atoms in total. The number of hydrogen-bond donors (Lipinski definition) is 2. The van der Waals surface area contributed by atoms with Crippen molar-refractivity contribution in [2.45, 2.75) is 4.86 Å². The van der Waals surface area contributed by atoms with Crippen LogP contribution in [0.4, 0.5) is 0 Å². The third-order valence-corrected chi connectivity index (χ3v) is 7.06. The fourth-order valence-corrected chi connectivity index (χ4v) is 3.97. The zero-order valence-electron chi connectivity index (χ0n) is 9.63. The van der Waals surface area contributed by atoms with E-state index >= 15 is 0 Å². The van der Waals surface area contributed by atoms with Crippen LogP contribution in [0.5, 0.6) is 0 Å². The van der Waals surface area contributed by atoms with E-state index in [4.69, 9.17) is 30.6 Å². The Hall–Kier alpha value is -1.31. The number of halogens is 1. The van der Waals surface area contributed by atoms with Gasteiger partial charge in [-0.3, -0.25) is 4.57 Å². The van der Waals surface area contributed by atoms with E-state index in [2.05, 4.69) is 9.97 Å². The third kappa shape index (κ3) is 3.41. The molecule has 2 aromatic heterocycles. The predicted molar refractivity (Wildman–Crippen MR) is 66.9 cm³/mol. The summed E-state index contributed by atoms with van der Waals surface area (Å²) in [6, 6.07) is 0. The van der Waals surface area contributed by atoms with Crippen molar-refractivity contribution in [1.82, 2.24) is 19.4 Å². The lowest BCUT2D eigenvalue weighted by molar-refractivity contribution is 0.173. The molecule has 0 spiro atoms. The van der Waals surface area contributed by atoms with Crippen LogP contribution in [0.2, 0.25) is 0 Å². The number of rotatable bonds is 6. The average Bonchev–Trinajstić information content (AvgIpc) is 3.00. The first-order valence-electron chi connectivity index (χ1n) is 4.96. The van der Waals surface area contributed by atoms with Crippen LogP contribution in [0.15, 0.2) is 37.4 Å². The van der Waals surface area contributed by atoms with Gasteiger partial charge < -0.3 is 19.0 Å². The highest BCUT2D eigenvalue weighted by Gasteiger charge is 2.50. The first kappa shape index (κ1) is 15.1. The molecule has 0 fully saturated rings. The Bertz CT molecular complexity index is 600. The van der Waals surface area contributed by atoms with Gasteiger partial charge in [0.2, 0.25) is 0 Å². The summed E-state index contributed by atoms with van der Waals surface area (Å²) < 4.78 is 35.3. The van der Waals surface area contributed by atoms with E-state index in [9.17, 15) is 9.13 Å². The first-order valence-corrected chi connectivity index (χ1v) is 8.69. The maximum atomic E-state index is 12.5. The zero-order chi connectivity index (χ0) is 14.8. The van der Waals surface area contributed by atoms with Gasteiger partial charge in [-0.2, -0.15) is 9.46 Å². The summed E-state index contributed by atoms with van der Waals surface area (Å²) in [7, 11) is -9.39. The van der Waals surface area contributed by atoms with Gasteiger partial charge >= 0.3 is 15.2 Å². The van der Waals surface area contributed by atoms with Crippen LogP contribution in [0.25, 0.3) is 0 Å². The largest absolute Gasteiger partial charge is 0.497 e. The van der Waals surface area contributed by atoms with Crippen LogP contribution < -0.4 is 9.25 Å². The van der Waals surface area contributed by atoms with Crippen molar-refractivity contribution >= 4 is 26.8 Å². The highest BCUT2D eigenvalue weighted by atomic mass is 35.5. The first-order chi connectivity index (χ1) is 9.31. The molecule has 0 saturated heterocycles. The molecule has 2 rings (SSSR count). The standard InChI is InChI=1S/C7H9ClN4O6P2/c8-7(19(13,14)15)20(16,17-11-3-1-9-5-11)18-12-4-2-10-6-12/h1-7H,(H2,13,14,15). The fraction of sp³-hybridized carbons (Fsp3) is 0.143. The van der Waals surface area contributed by atoms with Gasteiger partial charge in [0.1, 0.15) is 12.7 Å². The van der Waals surface area contributed by atoms with Crippen molar-refractivity contribution in [3.05, 3.63) is 37.4 Å². The molecule has 0 amide bonds. The van der Waals surface area contributed by atoms with Gasteiger partial charge in [-0.1, -0.05) is 11.6 Å². The van der Waals surface area contributed by atoms with Crippen LogP contribution in [0.3, 0.4) is 0 Å². The van der Waals surface area contributed by atoms with Gasteiger partial charge in [-0.05, 0) is 0 Å². The van der Waals surface area contributed by atoms with Gasteiger partial charge in [0.25, 0.3) is 4.86 Å². The summed E-state index contributed by atoms with van der Waals surface area (Å²) in [5.74, 6) is 0. The topological polar surface area (TPSA) is 129 Å².